The highest BCUT2D eigenvalue weighted by Gasteiger charge is 2.32. The normalized spacial score (nSPS) is 21.2. The number of rotatable bonds is 6. The number of nitrogens with one attached hydrogen (secondary N) is 1. The maximum Gasteiger partial charge on any atom is 0.251 e. The van der Waals surface area contributed by atoms with E-state index >= 15 is 0 Å². The van der Waals surface area contributed by atoms with E-state index < -0.39 is 6.04 Å². The van der Waals surface area contributed by atoms with Crippen LogP contribution in [0.1, 0.15) is 39.5 Å². The molecule has 1 rings (SSSR count). The maximum absolute atomic E-state index is 12.0. The summed E-state index contributed by atoms with van der Waals surface area (Å²) in [5.41, 5.74) is 5.67. The summed E-state index contributed by atoms with van der Waals surface area (Å²) in [5, 5.41) is 2.72. The molecule has 3 amide bonds. The van der Waals surface area contributed by atoms with Crippen molar-refractivity contribution in [1.82, 2.24) is 10.2 Å². The van der Waals surface area contributed by atoms with Crippen molar-refractivity contribution in [3.05, 3.63) is 0 Å². The minimum Gasteiger partial charge on any atom is -0.344 e. The first kappa shape index (κ1) is 16.6. The monoisotopic (exact) mass is 283 g/mol. The zero-order valence-electron chi connectivity index (χ0n) is 12.5. The number of nitrogens with two attached hydrogens (primary N) is 1. The third-order valence-electron chi connectivity index (χ3n) is 3.60. The quantitative estimate of drug-likeness (QED) is 0.684. The average molecular weight is 283 g/mol. The largest absolute Gasteiger partial charge is 0.344 e. The third kappa shape index (κ3) is 4.59. The van der Waals surface area contributed by atoms with Gasteiger partial charge in [0.25, 0.3) is 5.91 Å². The van der Waals surface area contributed by atoms with E-state index in [1.54, 1.807) is 0 Å². The van der Waals surface area contributed by atoms with Crippen molar-refractivity contribution in [2.45, 2.75) is 45.6 Å². The van der Waals surface area contributed by atoms with Gasteiger partial charge in [0.1, 0.15) is 6.04 Å². The van der Waals surface area contributed by atoms with Gasteiger partial charge in [-0.25, -0.2) is 0 Å². The predicted molar refractivity (Wildman–Crippen MR) is 75.6 cm³/mol. The molecule has 1 heterocycles. The predicted octanol–water partition coefficient (Wildman–Crippen LogP) is 0.261. The summed E-state index contributed by atoms with van der Waals surface area (Å²) in [5.74, 6) is -0.0745. The molecule has 20 heavy (non-hydrogen) atoms. The first-order valence-electron chi connectivity index (χ1n) is 7.15. The number of carbonyl (C=O) groups excluding carboxylic acids is 3. The van der Waals surface area contributed by atoms with E-state index in [0.29, 0.717) is 31.7 Å². The van der Waals surface area contributed by atoms with E-state index in [4.69, 9.17) is 5.73 Å². The van der Waals surface area contributed by atoms with Gasteiger partial charge in [-0.2, -0.15) is 0 Å². The van der Waals surface area contributed by atoms with Crippen LogP contribution in [0.4, 0.5) is 0 Å². The van der Waals surface area contributed by atoms with Crippen molar-refractivity contribution < 1.29 is 14.4 Å². The molecule has 0 aromatic heterocycles. The number of piperidine rings is 1. The Morgan fingerprint density at radius 2 is 2.10 bits per heavy atom. The molecule has 1 fully saturated rings. The lowest BCUT2D eigenvalue weighted by molar-refractivity contribution is -0.149. The van der Waals surface area contributed by atoms with Crippen LogP contribution in [0.25, 0.3) is 0 Å². The molecule has 114 valence electrons. The standard InChI is InChI=1S/C14H25N3O3/c1-9(2)6-10(8-15)7-12(18)16-11-4-5-13(19)17(3)14(11)20/h9-11H,4-8,15H2,1-3H3,(H,16,18). The van der Waals surface area contributed by atoms with Gasteiger partial charge >= 0.3 is 0 Å². The van der Waals surface area contributed by atoms with E-state index in [0.717, 1.165) is 11.3 Å². The lowest BCUT2D eigenvalue weighted by Gasteiger charge is -2.28. The number of nitrogens with zero attached hydrogens (tertiary/aromatic N) is 1. The van der Waals surface area contributed by atoms with Crippen LogP contribution in [0.2, 0.25) is 0 Å². The number of hydrogen-bond acceptors (Lipinski definition) is 4. The van der Waals surface area contributed by atoms with Gasteiger partial charge < -0.3 is 11.1 Å². The van der Waals surface area contributed by atoms with Crippen LogP contribution >= 0.6 is 0 Å². The molecule has 6 nitrogen and oxygen atoms in total. The van der Waals surface area contributed by atoms with E-state index in [1.807, 2.05) is 0 Å². The Morgan fingerprint density at radius 3 is 2.65 bits per heavy atom. The highest BCUT2D eigenvalue weighted by Crippen LogP contribution is 2.16. The Hall–Kier alpha value is -1.43. The van der Waals surface area contributed by atoms with Gasteiger partial charge in [0.15, 0.2) is 0 Å². The molecule has 1 aliphatic rings. The van der Waals surface area contributed by atoms with Crippen molar-refractivity contribution in [3.63, 3.8) is 0 Å². The van der Waals surface area contributed by atoms with Crippen molar-refractivity contribution in [2.75, 3.05) is 13.6 Å². The smallest absolute Gasteiger partial charge is 0.251 e. The molecule has 0 aromatic carbocycles. The zero-order chi connectivity index (χ0) is 15.3. The van der Waals surface area contributed by atoms with Gasteiger partial charge in [0.2, 0.25) is 11.8 Å². The fourth-order valence-electron chi connectivity index (χ4n) is 2.49. The molecule has 0 aromatic rings. The summed E-state index contributed by atoms with van der Waals surface area (Å²) in [4.78, 5) is 36.3. The zero-order valence-corrected chi connectivity index (χ0v) is 12.5. The Bertz CT molecular complexity index is 382. The van der Waals surface area contributed by atoms with E-state index in [1.165, 1.54) is 7.05 Å². The SMILES string of the molecule is CC(C)CC(CN)CC(=O)NC1CCC(=O)N(C)C1=O. The number of carbonyl (C=O) groups is 3. The van der Waals surface area contributed by atoms with Crippen LogP contribution in [0, 0.1) is 11.8 Å². The third-order valence-corrected chi connectivity index (χ3v) is 3.60. The molecule has 2 atom stereocenters. The van der Waals surface area contributed by atoms with Gasteiger partial charge in [0.05, 0.1) is 0 Å². The Labute approximate surface area is 120 Å². The Morgan fingerprint density at radius 1 is 1.45 bits per heavy atom. The number of hydrogen-bond donors (Lipinski definition) is 2. The molecule has 1 saturated heterocycles. The fourth-order valence-corrected chi connectivity index (χ4v) is 2.49. The maximum atomic E-state index is 12.0. The number of likely N-dealkylation sites (tertiary alicyclic amines) is 1. The van der Waals surface area contributed by atoms with E-state index in [9.17, 15) is 14.4 Å². The first-order valence-corrected chi connectivity index (χ1v) is 7.15. The van der Waals surface area contributed by atoms with Crippen LogP contribution in [-0.2, 0) is 14.4 Å². The number of likely N-dealkylation sites (N-methyl/N-ethyl adjacent to an activating group) is 1. The topological polar surface area (TPSA) is 92.5 Å². The van der Waals surface area contributed by atoms with Gasteiger partial charge in [-0.15, -0.1) is 0 Å². The lowest BCUT2D eigenvalue weighted by atomic mass is 9.93. The number of amides is 3. The molecule has 6 heteroatoms. The van der Waals surface area contributed by atoms with Gasteiger partial charge in [-0.1, -0.05) is 13.8 Å². The second kappa shape index (κ2) is 7.38. The second-order valence-corrected chi connectivity index (χ2v) is 5.89. The highest BCUT2D eigenvalue weighted by molar-refractivity contribution is 6.01. The highest BCUT2D eigenvalue weighted by atomic mass is 16.2. The summed E-state index contributed by atoms with van der Waals surface area (Å²) >= 11 is 0. The van der Waals surface area contributed by atoms with Crippen LogP contribution in [-0.4, -0.2) is 42.3 Å². The summed E-state index contributed by atoms with van der Waals surface area (Å²) in [6, 6.07) is -0.581. The van der Waals surface area contributed by atoms with E-state index in [2.05, 4.69) is 19.2 Å². The van der Waals surface area contributed by atoms with Crippen LogP contribution < -0.4 is 11.1 Å². The van der Waals surface area contributed by atoms with Gasteiger partial charge in [-0.05, 0) is 31.2 Å². The summed E-state index contributed by atoms with van der Waals surface area (Å²) in [6.45, 7) is 4.64. The first-order chi connectivity index (χ1) is 9.35. The average Bonchev–Trinajstić information content (AvgIpc) is 2.38. The lowest BCUT2D eigenvalue weighted by Crippen LogP contribution is -2.53. The summed E-state index contributed by atoms with van der Waals surface area (Å²) < 4.78 is 0. The minimum atomic E-state index is -0.581. The van der Waals surface area contributed by atoms with Crippen molar-refractivity contribution in [3.8, 4) is 0 Å². The second-order valence-electron chi connectivity index (χ2n) is 5.89. The molecule has 0 radical (unpaired) electrons. The number of imide groups is 1. The Balaban J connectivity index is 2.49. The molecule has 0 aliphatic carbocycles. The van der Waals surface area contributed by atoms with Gasteiger partial charge in [0, 0.05) is 19.9 Å². The molecule has 0 bridgehead atoms. The van der Waals surface area contributed by atoms with E-state index in [-0.39, 0.29) is 23.6 Å². The minimum absolute atomic E-state index is 0.132. The molecular formula is C14H25N3O3. The molecule has 3 N–H and O–H groups in total. The molecule has 0 spiro atoms. The fraction of sp³-hybridized carbons (Fsp3) is 0.786. The van der Waals surface area contributed by atoms with Crippen LogP contribution in [0.15, 0.2) is 0 Å². The summed E-state index contributed by atoms with van der Waals surface area (Å²) in [6.07, 6.45) is 1.89. The van der Waals surface area contributed by atoms with Gasteiger partial charge in [-0.3, -0.25) is 19.3 Å². The van der Waals surface area contributed by atoms with Crippen LogP contribution in [0.5, 0.6) is 0 Å². The van der Waals surface area contributed by atoms with Crippen molar-refractivity contribution >= 4 is 17.7 Å². The van der Waals surface area contributed by atoms with Crippen molar-refractivity contribution in [1.29, 1.82) is 0 Å². The molecule has 0 saturated carbocycles. The molecule has 1 aliphatic heterocycles. The van der Waals surface area contributed by atoms with Crippen molar-refractivity contribution in [2.24, 2.45) is 17.6 Å². The molecular weight excluding hydrogens is 258 g/mol. The Kier molecular flexibility index (Phi) is 6.13. The summed E-state index contributed by atoms with van der Waals surface area (Å²) in [7, 11) is 1.45. The molecule has 2 unspecified atom stereocenters. The van der Waals surface area contributed by atoms with Crippen LogP contribution in [0.3, 0.4) is 0 Å².